The number of rotatable bonds is 3. The third-order valence-electron chi connectivity index (χ3n) is 2.84. The van der Waals surface area contributed by atoms with Crippen LogP contribution in [0, 0.1) is 5.82 Å². The summed E-state index contributed by atoms with van der Waals surface area (Å²) in [5, 5.41) is 4.37. The molecule has 0 saturated carbocycles. The molecule has 3 rings (SSSR count). The topological polar surface area (TPSA) is 34.9 Å². The molecule has 2 aromatic heterocycles. The molecule has 0 aliphatic rings. The van der Waals surface area contributed by atoms with Gasteiger partial charge in [0.05, 0.1) is 25.5 Å². The number of carbonyl (C=O) groups excluding carboxylic acids is 1. The second-order valence-corrected chi connectivity index (χ2v) is 6.32. The van der Waals surface area contributed by atoms with Crippen LogP contribution in [0.2, 0.25) is 9.36 Å². The van der Waals surface area contributed by atoms with Crippen LogP contribution in [0.1, 0.15) is 10.4 Å². The van der Waals surface area contributed by atoms with E-state index in [2.05, 4.69) is 5.10 Å². The van der Waals surface area contributed by atoms with Crippen molar-refractivity contribution >= 4 is 40.8 Å². The fourth-order valence-corrected chi connectivity index (χ4v) is 3.03. The molecule has 0 saturated heterocycles. The lowest BCUT2D eigenvalue weighted by Gasteiger charge is -2.02. The Labute approximate surface area is 133 Å². The smallest absolute Gasteiger partial charge is 0.153 e. The predicted octanol–water partition coefficient (Wildman–Crippen LogP) is 4.86. The van der Waals surface area contributed by atoms with E-state index < -0.39 is 5.82 Å². The Morgan fingerprint density at radius 2 is 2.05 bits per heavy atom. The lowest BCUT2D eigenvalue weighted by Crippen LogP contribution is -1.95. The highest BCUT2D eigenvalue weighted by Gasteiger charge is 2.14. The summed E-state index contributed by atoms with van der Waals surface area (Å²) < 4.78 is 15.6. The quantitative estimate of drug-likeness (QED) is 0.638. The third kappa shape index (κ3) is 2.72. The normalized spacial score (nSPS) is 10.8. The minimum atomic E-state index is -0.543. The van der Waals surface area contributed by atoms with Gasteiger partial charge in [-0.15, -0.1) is 11.3 Å². The van der Waals surface area contributed by atoms with E-state index >= 15 is 0 Å². The van der Waals surface area contributed by atoms with Crippen LogP contribution in [-0.4, -0.2) is 16.1 Å². The van der Waals surface area contributed by atoms with Gasteiger partial charge in [0, 0.05) is 12.3 Å². The maximum absolute atomic E-state index is 13.5. The fraction of sp³-hybridized carbons (Fsp3) is 0. The first kappa shape index (κ1) is 14.3. The number of halogens is 3. The molecule has 3 aromatic rings. The zero-order valence-electron chi connectivity index (χ0n) is 10.4. The number of hydrogen-bond donors (Lipinski definition) is 0. The van der Waals surface area contributed by atoms with Crippen molar-refractivity contribution in [2.24, 2.45) is 0 Å². The Balaban J connectivity index is 2.10. The van der Waals surface area contributed by atoms with Crippen LogP contribution in [0.4, 0.5) is 4.39 Å². The molecule has 0 amide bonds. The number of aromatic nitrogens is 2. The van der Waals surface area contributed by atoms with Gasteiger partial charge in [0.25, 0.3) is 0 Å². The van der Waals surface area contributed by atoms with Crippen LogP contribution >= 0.6 is 34.5 Å². The summed E-state index contributed by atoms with van der Waals surface area (Å²) in [5.74, 6) is -0.543. The standard InChI is InChI=1S/C14H7Cl2FN2OS/c15-10-2-1-9(5-11(10)17)19-6-8(7-20)14(18-19)12-3-4-13(16)21-12/h1-7H. The molecule has 0 spiro atoms. The molecule has 0 unspecified atom stereocenters. The Kier molecular flexibility index (Phi) is 3.80. The maximum atomic E-state index is 13.5. The number of hydrogen-bond acceptors (Lipinski definition) is 3. The molecule has 0 aliphatic carbocycles. The van der Waals surface area contributed by atoms with Crippen LogP contribution in [0.5, 0.6) is 0 Å². The van der Waals surface area contributed by atoms with Gasteiger partial charge in [0.1, 0.15) is 11.5 Å². The molecule has 0 fully saturated rings. The summed E-state index contributed by atoms with van der Waals surface area (Å²) in [4.78, 5) is 12.0. The van der Waals surface area contributed by atoms with Gasteiger partial charge in [-0.25, -0.2) is 9.07 Å². The van der Waals surface area contributed by atoms with Crippen molar-refractivity contribution in [3.63, 3.8) is 0 Å². The summed E-state index contributed by atoms with van der Waals surface area (Å²) in [6.07, 6.45) is 2.25. The second-order valence-electron chi connectivity index (χ2n) is 4.20. The van der Waals surface area contributed by atoms with Crippen LogP contribution < -0.4 is 0 Å². The molecular formula is C14H7Cl2FN2OS. The van der Waals surface area contributed by atoms with Gasteiger partial charge < -0.3 is 0 Å². The number of thiophene rings is 1. The first-order valence-corrected chi connectivity index (χ1v) is 7.41. The maximum Gasteiger partial charge on any atom is 0.153 e. The third-order valence-corrected chi connectivity index (χ3v) is 4.39. The monoisotopic (exact) mass is 340 g/mol. The molecule has 7 heteroatoms. The van der Waals surface area contributed by atoms with E-state index in [-0.39, 0.29) is 5.02 Å². The number of carbonyl (C=O) groups is 1. The Hall–Kier alpha value is -1.69. The second kappa shape index (κ2) is 5.60. The summed E-state index contributed by atoms with van der Waals surface area (Å²) >= 11 is 12.9. The fourth-order valence-electron chi connectivity index (χ4n) is 1.87. The number of aldehydes is 1. The van der Waals surface area contributed by atoms with E-state index in [1.54, 1.807) is 24.4 Å². The molecule has 0 atom stereocenters. The van der Waals surface area contributed by atoms with Gasteiger partial charge in [0.2, 0.25) is 0 Å². The van der Waals surface area contributed by atoms with Crippen molar-refractivity contribution in [3.05, 3.63) is 57.3 Å². The molecule has 0 bridgehead atoms. The van der Waals surface area contributed by atoms with Crippen molar-refractivity contribution in [3.8, 4) is 16.3 Å². The van der Waals surface area contributed by atoms with Gasteiger partial charge in [-0.1, -0.05) is 23.2 Å². The highest BCUT2D eigenvalue weighted by molar-refractivity contribution is 7.19. The number of nitrogens with zero attached hydrogens (tertiary/aromatic N) is 2. The molecule has 3 nitrogen and oxygen atoms in total. The Bertz CT molecular complexity index is 828. The van der Waals surface area contributed by atoms with Gasteiger partial charge in [-0.05, 0) is 24.3 Å². The molecule has 0 aliphatic heterocycles. The van der Waals surface area contributed by atoms with Crippen molar-refractivity contribution in [2.45, 2.75) is 0 Å². The molecule has 106 valence electrons. The molecule has 0 radical (unpaired) electrons. The molecule has 2 heterocycles. The summed E-state index contributed by atoms with van der Waals surface area (Å²) in [6, 6.07) is 7.84. The first-order chi connectivity index (χ1) is 10.1. The average Bonchev–Trinajstić information content (AvgIpc) is 3.07. The van der Waals surface area contributed by atoms with Gasteiger partial charge in [0.15, 0.2) is 6.29 Å². The Morgan fingerprint density at radius 3 is 2.67 bits per heavy atom. The van der Waals surface area contributed by atoms with E-state index in [1.807, 2.05) is 0 Å². The highest BCUT2D eigenvalue weighted by atomic mass is 35.5. The highest BCUT2D eigenvalue weighted by Crippen LogP contribution is 2.32. The molecule has 21 heavy (non-hydrogen) atoms. The lowest BCUT2D eigenvalue weighted by molar-refractivity contribution is 0.112. The van der Waals surface area contributed by atoms with E-state index in [4.69, 9.17) is 23.2 Å². The van der Waals surface area contributed by atoms with Crippen molar-refractivity contribution in [2.75, 3.05) is 0 Å². The average molecular weight is 341 g/mol. The summed E-state index contributed by atoms with van der Waals surface area (Å²) in [6.45, 7) is 0. The van der Waals surface area contributed by atoms with Crippen LogP contribution in [-0.2, 0) is 0 Å². The largest absolute Gasteiger partial charge is 0.298 e. The number of benzene rings is 1. The molecule has 1 aromatic carbocycles. The van der Waals surface area contributed by atoms with Crippen molar-refractivity contribution in [1.29, 1.82) is 0 Å². The minimum absolute atomic E-state index is 0.0341. The van der Waals surface area contributed by atoms with E-state index in [0.29, 0.717) is 27.6 Å². The first-order valence-electron chi connectivity index (χ1n) is 5.84. The van der Waals surface area contributed by atoms with Crippen molar-refractivity contribution in [1.82, 2.24) is 9.78 Å². The summed E-state index contributed by atoms with van der Waals surface area (Å²) in [5.41, 5.74) is 1.40. The van der Waals surface area contributed by atoms with Crippen LogP contribution in [0.3, 0.4) is 0 Å². The molecule has 0 N–H and O–H groups in total. The van der Waals surface area contributed by atoms with Gasteiger partial charge >= 0.3 is 0 Å². The predicted molar refractivity (Wildman–Crippen MR) is 82.2 cm³/mol. The van der Waals surface area contributed by atoms with E-state index in [1.165, 1.54) is 28.2 Å². The van der Waals surface area contributed by atoms with Gasteiger partial charge in [-0.2, -0.15) is 5.10 Å². The Morgan fingerprint density at radius 1 is 1.24 bits per heavy atom. The van der Waals surface area contributed by atoms with Gasteiger partial charge in [-0.3, -0.25) is 4.79 Å². The summed E-state index contributed by atoms with van der Waals surface area (Å²) in [7, 11) is 0. The zero-order chi connectivity index (χ0) is 15.0. The van der Waals surface area contributed by atoms with Crippen LogP contribution in [0.15, 0.2) is 36.5 Å². The van der Waals surface area contributed by atoms with E-state index in [9.17, 15) is 9.18 Å². The van der Waals surface area contributed by atoms with Crippen LogP contribution in [0.25, 0.3) is 16.3 Å². The minimum Gasteiger partial charge on any atom is -0.298 e. The lowest BCUT2D eigenvalue weighted by atomic mass is 10.2. The van der Waals surface area contributed by atoms with E-state index in [0.717, 1.165) is 4.88 Å². The van der Waals surface area contributed by atoms with Crippen molar-refractivity contribution < 1.29 is 9.18 Å². The SMILES string of the molecule is O=Cc1cn(-c2ccc(Cl)c(F)c2)nc1-c1ccc(Cl)s1. The molecular weight excluding hydrogens is 334 g/mol. The zero-order valence-corrected chi connectivity index (χ0v) is 12.7.